The minimum Gasteiger partial charge on any atom is -0.430 e. The van der Waals surface area contributed by atoms with Crippen LogP contribution < -0.4 is 0 Å². The van der Waals surface area contributed by atoms with Crippen molar-refractivity contribution < 1.29 is 17.9 Å². The molecule has 106 valence electrons. The van der Waals surface area contributed by atoms with Crippen LogP contribution in [0.3, 0.4) is 0 Å². The molecule has 1 heterocycles. The molecule has 0 spiro atoms. The lowest BCUT2D eigenvalue weighted by Gasteiger charge is -2.17. The minimum atomic E-state index is -3.76. The maximum atomic E-state index is 12.3. The number of aromatic nitrogens is 1. The van der Waals surface area contributed by atoms with E-state index >= 15 is 0 Å². The van der Waals surface area contributed by atoms with E-state index in [1.54, 1.807) is 18.2 Å². The van der Waals surface area contributed by atoms with Crippen molar-refractivity contribution in [2.45, 2.75) is 41.4 Å². The summed E-state index contributed by atoms with van der Waals surface area (Å²) in [5, 5.41) is 10.0. The Balaban J connectivity index is 1.98. The molecule has 1 aliphatic rings. The SMILES string of the molecule is O=S(=O)(c1ccccc1)c1ncc(C2(O)CCCC2)o1. The molecule has 6 heteroatoms. The van der Waals surface area contributed by atoms with Crippen molar-refractivity contribution in [3.63, 3.8) is 0 Å². The third-order valence-electron chi connectivity index (χ3n) is 3.66. The van der Waals surface area contributed by atoms with Gasteiger partial charge in [0.2, 0.25) is 0 Å². The summed E-state index contributed by atoms with van der Waals surface area (Å²) in [4.78, 5) is 3.97. The first kappa shape index (κ1) is 13.3. The van der Waals surface area contributed by atoms with Gasteiger partial charge in [0.05, 0.1) is 11.1 Å². The Morgan fingerprint density at radius 1 is 1.15 bits per heavy atom. The quantitative estimate of drug-likeness (QED) is 0.939. The summed E-state index contributed by atoms with van der Waals surface area (Å²) in [5.41, 5.74) is -1.07. The lowest BCUT2D eigenvalue weighted by Crippen LogP contribution is -2.19. The van der Waals surface area contributed by atoms with Crippen LogP contribution >= 0.6 is 0 Å². The van der Waals surface area contributed by atoms with Gasteiger partial charge in [-0.15, -0.1) is 0 Å². The second-order valence-electron chi connectivity index (χ2n) is 5.05. The lowest BCUT2D eigenvalue weighted by atomic mass is 10.0. The molecule has 0 aliphatic heterocycles. The zero-order chi connectivity index (χ0) is 14.2. The van der Waals surface area contributed by atoms with Crippen LogP contribution in [0.15, 0.2) is 51.1 Å². The number of aliphatic hydroxyl groups is 1. The molecule has 0 unspecified atom stereocenters. The molecular weight excluding hydrogens is 278 g/mol. The Kier molecular flexibility index (Phi) is 3.14. The third-order valence-corrected chi connectivity index (χ3v) is 5.20. The van der Waals surface area contributed by atoms with Crippen molar-refractivity contribution in [3.05, 3.63) is 42.3 Å². The highest BCUT2D eigenvalue weighted by Crippen LogP contribution is 2.39. The normalized spacial score (nSPS) is 18.2. The van der Waals surface area contributed by atoms with Gasteiger partial charge in [0, 0.05) is 0 Å². The highest BCUT2D eigenvalue weighted by Gasteiger charge is 2.38. The maximum absolute atomic E-state index is 12.3. The molecule has 0 bridgehead atoms. The molecule has 2 aromatic rings. The van der Waals surface area contributed by atoms with Crippen molar-refractivity contribution >= 4 is 9.84 Å². The van der Waals surface area contributed by atoms with Gasteiger partial charge in [0.15, 0.2) is 5.76 Å². The van der Waals surface area contributed by atoms with E-state index in [1.165, 1.54) is 18.3 Å². The number of sulfone groups is 1. The summed E-state index contributed by atoms with van der Waals surface area (Å²) in [5.74, 6) is 0.240. The summed E-state index contributed by atoms with van der Waals surface area (Å²) < 4.78 is 30.0. The zero-order valence-electron chi connectivity index (χ0n) is 10.8. The maximum Gasteiger partial charge on any atom is 0.320 e. The van der Waals surface area contributed by atoms with Crippen LogP contribution in [0.2, 0.25) is 0 Å². The number of oxazole rings is 1. The first-order chi connectivity index (χ1) is 9.52. The minimum absolute atomic E-state index is 0.131. The monoisotopic (exact) mass is 293 g/mol. The van der Waals surface area contributed by atoms with Crippen molar-refractivity contribution in [2.75, 3.05) is 0 Å². The van der Waals surface area contributed by atoms with E-state index < -0.39 is 15.4 Å². The first-order valence-corrected chi connectivity index (χ1v) is 7.99. The highest BCUT2D eigenvalue weighted by atomic mass is 32.2. The number of nitrogens with zero attached hydrogens (tertiary/aromatic N) is 1. The van der Waals surface area contributed by atoms with Crippen LogP contribution in [0.25, 0.3) is 0 Å². The van der Waals surface area contributed by atoms with E-state index in [0.717, 1.165) is 12.8 Å². The van der Waals surface area contributed by atoms with Gasteiger partial charge in [0.25, 0.3) is 9.84 Å². The number of hydrogen-bond acceptors (Lipinski definition) is 5. The summed E-state index contributed by atoms with van der Waals surface area (Å²) in [7, 11) is -3.76. The molecule has 1 fully saturated rings. The van der Waals surface area contributed by atoms with Gasteiger partial charge in [-0.2, -0.15) is 0 Å². The van der Waals surface area contributed by atoms with E-state index in [0.29, 0.717) is 12.8 Å². The molecular formula is C14H15NO4S. The standard InChI is InChI=1S/C14H15NO4S/c16-14(8-4-5-9-14)12-10-15-13(19-12)20(17,18)11-6-2-1-3-7-11/h1-3,6-7,10,16H,4-5,8-9H2. The third kappa shape index (κ3) is 2.14. The van der Waals surface area contributed by atoms with Gasteiger partial charge < -0.3 is 9.52 Å². The summed E-state index contributed by atoms with van der Waals surface area (Å²) in [6.07, 6.45) is 4.27. The highest BCUT2D eigenvalue weighted by molar-refractivity contribution is 7.91. The van der Waals surface area contributed by atoms with Crippen LogP contribution in [0.5, 0.6) is 0 Å². The van der Waals surface area contributed by atoms with E-state index in [9.17, 15) is 13.5 Å². The Morgan fingerprint density at radius 2 is 1.80 bits per heavy atom. The molecule has 0 radical (unpaired) electrons. The van der Waals surface area contributed by atoms with E-state index in [-0.39, 0.29) is 15.9 Å². The Labute approximate surface area is 117 Å². The van der Waals surface area contributed by atoms with Gasteiger partial charge >= 0.3 is 5.22 Å². The average Bonchev–Trinajstić information content (AvgIpc) is 3.09. The van der Waals surface area contributed by atoms with E-state index in [2.05, 4.69) is 4.98 Å². The van der Waals surface area contributed by atoms with E-state index in [1.807, 2.05) is 0 Å². The second kappa shape index (κ2) is 4.71. The fourth-order valence-corrected chi connectivity index (χ4v) is 3.61. The Morgan fingerprint density at radius 3 is 2.45 bits per heavy atom. The van der Waals surface area contributed by atoms with Crippen molar-refractivity contribution in [3.8, 4) is 0 Å². The molecule has 1 aromatic heterocycles. The van der Waals surface area contributed by atoms with Crippen LogP contribution in [0.1, 0.15) is 31.4 Å². The van der Waals surface area contributed by atoms with Crippen LogP contribution in [-0.2, 0) is 15.4 Å². The molecule has 1 N–H and O–H groups in total. The Bertz CT molecular complexity index is 700. The molecule has 0 atom stereocenters. The molecule has 20 heavy (non-hydrogen) atoms. The van der Waals surface area contributed by atoms with Gasteiger partial charge in [-0.3, -0.25) is 0 Å². The number of benzene rings is 1. The second-order valence-corrected chi connectivity index (χ2v) is 6.87. The van der Waals surface area contributed by atoms with Crippen molar-refractivity contribution in [1.82, 2.24) is 4.98 Å². The average molecular weight is 293 g/mol. The molecule has 5 nitrogen and oxygen atoms in total. The largest absolute Gasteiger partial charge is 0.430 e. The van der Waals surface area contributed by atoms with Gasteiger partial charge in [-0.1, -0.05) is 18.2 Å². The summed E-state index contributed by atoms with van der Waals surface area (Å²) in [6, 6.07) is 8.00. The Hall–Kier alpha value is -1.66. The van der Waals surface area contributed by atoms with Crippen LogP contribution in [0.4, 0.5) is 0 Å². The molecule has 1 aromatic carbocycles. The lowest BCUT2D eigenvalue weighted by molar-refractivity contribution is 0.0185. The van der Waals surface area contributed by atoms with Crippen molar-refractivity contribution in [1.29, 1.82) is 0 Å². The fourth-order valence-electron chi connectivity index (χ4n) is 2.50. The number of hydrogen-bond donors (Lipinski definition) is 1. The molecule has 1 saturated carbocycles. The molecule has 3 rings (SSSR count). The predicted molar refractivity (Wildman–Crippen MR) is 70.8 cm³/mol. The topological polar surface area (TPSA) is 80.4 Å². The summed E-state index contributed by atoms with van der Waals surface area (Å²) in [6.45, 7) is 0. The van der Waals surface area contributed by atoms with Crippen molar-refractivity contribution in [2.24, 2.45) is 0 Å². The van der Waals surface area contributed by atoms with Crippen LogP contribution in [0, 0.1) is 0 Å². The molecule has 1 aliphatic carbocycles. The van der Waals surface area contributed by atoms with E-state index in [4.69, 9.17) is 4.42 Å². The fraction of sp³-hybridized carbons (Fsp3) is 0.357. The summed E-state index contributed by atoms with van der Waals surface area (Å²) >= 11 is 0. The van der Waals surface area contributed by atoms with Gasteiger partial charge in [-0.05, 0) is 37.8 Å². The molecule has 0 amide bonds. The van der Waals surface area contributed by atoms with Crippen LogP contribution in [-0.4, -0.2) is 18.5 Å². The predicted octanol–water partition coefficient (Wildman–Crippen LogP) is 2.27. The van der Waals surface area contributed by atoms with Gasteiger partial charge in [0.1, 0.15) is 5.60 Å². The first-order valence-electron chi connectivity index (χ1n) is 6.51. The zero-order valence-corrected chi connectivity index (χ0v) is 11.6. The molecule has 0 saturated heterocycles. The number of rotatable bonds is 3. The van der Waals surface area contributed by atoms with Gasteiger partial charge in [-0.25, -0.2) is 13.4 Å². The smallest absolute Gasteiger partial charge is 0.320 e.